The first-order chi connectivity index (χ1) is 14.5. The second-order valence-electron chi connectivity index (χ2n) is 7.56. The van der Waals surface area contributed by atoms with Gasteiger partial charge in [-0.2, -0.15) is 4.31 Å². The largest absolute Gasteiger partial charge is 0.491 e. The van der Waals surface area contributed by atoms with Gasteiger partial charge in [-0.1, -0.05) is 6.07 Å². The molecular formula is C22H26N2O5S. The first-order valence-corrected chi connectivity index (χ1v) is 11.7. The molecule has 0 bridgehead atoms. The van der Waals surface area contributed by atoms with Crippen molar-refractivity contribution in [3.8, 4) is 5.75 Å². The number of hydrogen-bond acceptors (Lipinski definition) is 5. The monoisotopic (exact) mass is 430 g/mol. The van der Waals surface area contributed by atoms with Gasteiger partial charge in [0.2, 0.25) is 10.0 Å². The lowest BCUT2D eigenvalue weighted by molar-refractivity contribution is 0.0679. The molecule has 2 aromatic carbocycles. The Labute approximate surface area is 177 Å². The minimum absolute atomic E-state index is 0.136. The second-order valence-corrected chi connectivity index (χ2v) is 9.50. The topological polar surface area (TPSA) is 84.9 Å². The summed E-state index contributed by atoms with van der Waals surface area (Å²) >= 11 is 0. The van der Waals surface area contributed by atoms with Crippen molar-refractivity contribution < 1.29 is 22.7 Å². The van der Waals surface area contributed by atoms with Crippen molar-refractivity contribution in [2.24, 2.45) is 0 Å². The number of anilines is 1. The molecule has 0 unspecified atom stereocenters. The van der Waals surface area contributed by atoms with Gasteiger partial charge in [0.05, 0.1) is 11.0 Å². The highest BCUT2D eigenvalue weighted by Gasteiger charge is 2.27. The number of carbonyl (C=O) groups is 1. The zero-order chi connectivity index (χ0) is 21.0. The molecule has 1 atom stereocenters. The number of nitrogens with zero attached hydrogens (tertiary/aromatic N) is 1. The van der Waals surface area contributed by atoms with Gasteiger partial charge in [-0.3, -0.25) is 4.79 Å². The van der Waals surface area contributed by atoms with Crippen molar-refractivity contribution in [3.63, 3.8) is 0 Å². The Morgan fingerprint density at radius 2 is 1.87 bits per heavy atom. The van der Waals surface area contributed by atoms with Crippen LogP contribution in [-0.4, -0.2) is 51.0 Å². The van der Waals surface area contributed by atoms with E-state index in [0.717, 1.165) is 32.3 Å². The molecule has 0 spiro atoms. The van der Waals surface area contributed by atoms with Crippen molar-refractivity contribution in [3.05, 3.63) is 54.1 Å². The van der Waals surface area contributed by atoms with E-state index in [1.807, 2.05) is 0 Å². The van der Waals surface area contributed by atoms with Gasteiger partial charge in [0.25, 0.3) is 5.91 Å². The summed E-state index contributed by atoms with van der Waals surface area (Å²) in [6.45, 7) is 2.37. The molecule has 7 nitrogen and oxygen atoms in total. The fraction of sp³-hybridized carbons (Fsp3) is 0.409. The molecule has 2 heterocycles. The van der Waals surface area contributed by atoms with Crippen molar-refractivity contribution in [2.75, 3.05) is 31.6 Å². The van der Waals surface area contributed by atoms with Gasteiger partial charge in [-0.05, 0) is 68.1 Å². The van der Waals surface area contributed by atoms with E-state index >= 15 is 0 Å². The van der Waals surface area contributed by atoms with Crippen molar-refractivity contribution >= 4 is 21.6 Å². The fourth-order valence-corrected chi connectivity index (χ4v) is 5.25. The van der Waals surface area contributed by atoms with Gasteiger partial charge >= 0.3 is 0 Å². The van der Waals surface area contributed by atoms with Crippen molar-refractivity contribution in [2.45, 2.75) is 36.7 Å². The number of hydrogen-bond donors (Lipinski definition) is 1. The Kier molecular flexibility index (Phi) is 6.36. The minimum Gasteiger partial charge on any atom is -0.491 e. The van der Waals surface area contributed by atoms with Gasteiger partial charge in [0.1, 0.15) is 12.4 Å². The molecule has 2 aliphatic rings. The molecule has 30 heavy (non-hydrogen) atoms. The van der Waals surface area contributed by atoms with Gasteiger partial charge in [0.15, 0.2) is 0 Å². The molecule has 2 aromatic rings. The highest BCUT2D eigenvalue weighted by molar-refractivity contribution is 7.89. The third-order valence-electron chi connectivity index (χ3n) is 5.37. The van der Waals surface area contributed by atoms with Gasteiger partial charge in [0, 0.05) is 30.9 Å². The number of rotatable bonds is 7. The summed E-state index contributed by atoms with van der Waals surface area (Å²) in [7, 11) is -3.53. The molecule has 0 radical (unpaired) electrons. The number of carbonyl (C=O) groups excluding carboxylic acids is 1. The smallest absolute Gasteiger partial charge is 0.255 e. The van der Waals surface area contributed by atoms with Crippen LogP contribution >= 0.6 is 0 Å². The predicted octanol–water partition coefficient (Wildman–Crippen LogP) is 3.28. The molecule has 160 valence electrons. The number of sulfonamides is 1. The highest BCUT2D eigenvalue weighted by atomic mass is 32.2. The molecule has 8 heteroatoms. The van der Waals surface area contributed by atoms with Gasteiger partial charge in [-0.25, -0.2) is 8.42 Å². The second kappa shape index (κ2) is 9.16. The zero-order valence-electron chi connectivity index (χ0n) is 16.7. The maximum Gasteiger partial charge on any atom is 0.255 e. The summed E-state index contributed by atoms with van der Waals surface area (Å²) < 4.78 is 38.2. The van der Waals surface area contributed by atoms with Crippen LogP contribution in [0.3, 0.4) is 0 Å². The average molecular weight is 431 g/mol. The molecule has 0 saturated carbocycles. The summed E-state index contributed by atoms with van der Waals surface area (Å²) in [5, 5.41) is 2.77. The van der Waals surface area contributed by atoms with Crippen LogP contribution in [0.1, 0.15) is 36.0 Å². The lowest BCUT2D eigenvalue weighted by Crippen LogP contribution is -2.27. The Morgan fingerprint density at radius 3 is 2.57 bits per heavy atom. The van der Waals surface area contributed by atoms with E-state index in [2.05, 4.69) is 5.32 Å². The molecule has 4 rings (SSSR count). The summed E-state index contributed by atoms with van der Waals surface area (Å²) in [5.41, 5.74) is 0.909. The summed E-state index contributed by atoms with van der Waals surface area (Å²) in [5.74, 6) is 0.372. The van der Waals surface area contributed by atoms with Gasteiger partial charge < -0.3 is 14.8 Å². The van der Waals surface area contributed by atoms with Crippen LogP contribution in [0.15, 0.2) is 53.4 Å². The molecule has 2 saturated heterocycles. The summed E-state index contributed by atoms with van der Waals surface area (Å²) in [6, 6.07) is 13.3. The van der Waals surface area contributed by atoms with Gasteiger partial charge in [-0.15, -0.1) is 0 Å². The summed E-state index contributed by atoms with van der Waals surface area (Å²) in [6.07, 6.45) is 3.96. The van der Waals surface area contributed by atoms with Crippen LogP contribution in [0.4, 0.5) is 5.69 Å². The Bertz CT molecular complexity index is 979. The number of ether oxygens (including phenoxy) is 2. The van der Waals surface area contributed by atoms with E-state index in [0.29, 0.717) is 36.7 Å². The SMILES string of the molecule is O=C(Nc1cccc(S(=O)(=O)N2CCCC2)c1)c1ccc(OC[C@@H]2CCCO2)cc1. The van der Waals surface area contributed by atoms with E-state index in [1.54, 1.807) is 42.5 Å². The molecule has 2 fully saturated rings. The van der Waals surface area contributed by atoms with Crippen molar-refractivity contribution in [1.29, 1.82) is 0 Å². The molecule has 0 aromatic heterocycles. The lowest BCUT2D eigenvalue weighted by Gasteiger charge is -2.16. The number of benzene rings is 2. The standard InChI is InChI=1S/C22H26N2O5S/c25-22(17-8-10-19(11-9-17)29-16-20-6-4-14-28-20)23-18-5-3-7-21(15-18)30(26,27)24-12-1-2-13-24/h3,5,7-11,15,20H,1-2,4,6,12-14,16H2,(H,23,25)/t20-/m0/s1. The normalized spacial score (nSPS) is 19.7. The van der Waals surface area contributed by atoms with Crippen LogP contribution in [-0.2, 0) is 14.8 Å². The Hall–Kier alpha value is -2.42. The van der Waals surface area contributed by atoms with E-state index in [1.165, 1.54) is 10.4 Å². The van der Waals surface area contributed by atoms with E-state index in [9.17, 15) is 13.2 Å². The lowest BCUT2D eigenvalue weighted by atomic mass is 10.2. The maximum absolute atomic E-state index is 12.7. The minimum atomic E-state index is -3.53. The molecule has 1 N–H and O–H groups in total. The first-order valence-electron chi connectivity index (χ1n) is 10.3. The van der Waals surface area contributed by atoms with Crippen molar-refractivity contribution in [1.82, 2.24) is 4.31 Å². The van der Waals surface area contributed by atoms with E-state index in [-0.39, 0.29) is 16.9 Å². The van der Waals surface area contributed by atoms with Crippen LogP contribution < -0.4 is 10.1 Å². The van der Waals surface area contributed by atoms with E-state index < -0.39 is 10.0 Å². The van der Waals surface area contributed by atoms with Crippen LogP contribution in [0.25, 0.3) is 0 Å². The fourth-order valence-electron chi connectivity index (χ4n) is 3.68. The van der Waals surface area contributed by atoms with Crippen LogP contribution in [0, 0.1) is 0 Å². The Morgan fingerprint density at radius 1 is 1.10 bits per heavy atom. The molecule has 1 amide bonds. The number of nitrogens with one attached hydrogen (secondary N) is 1. The maximum atomic E-state index is 12.7. The van der Waals surface area contributed by atoms with E-state index in [4.69, 9.17) is 9.47 Å². The average Bonchev–Trinajstić information content (AvgIpc) is 3.47. The molecule has 2 aliphatic heterocycles. The van der Waals surface area contributed by atoms with Crippen LogP contribution in [0.2, 0.25) is 0 Å². The Balaban J connectivity index is 1.38. The third-order valence-corrected chi connectivity index (χ3v) is 7.27. The quantitative estimate of drug-likeness (QED) is 0.729. The number of amides is 1. The third kappa shape index (κ3) is 4.83. The molecular weight excluding hydrogens is 404 g/mol. The highest BCUT2D eigenvalue weighted by Crippen LogP contribution is 2.24. The van der Waals surface area contributed by atoms with Crippen LogP contribution in [0.5, 0.6) is 5.75 Å². The molecule has 0 aliphatic carbocycles. The zero-order valence-corrected chi connectivity index (χ0v) is 17.6. The first kappa shape index (κ1) is 20.8. The predicted molar refractivity (Wildman–Crippen MR) is 113 cm³/mol. The summed E-state index contributed by atoms with van der Waals surface area (Å²) in [4.78, 5) is 12.8.